The van der Waals surface area contributed by atoms with E-state index in [9.17, 15) is 13.9 Å². The number of nitrogens with zero attached hydrogens (tertiary/aromatic N) is 1. The Morgan fingerprint density at radius 2 is 2.00 bits per heavy atom. The van der Waals surface area contributed by atoms with Gasteiger partial charge in [0.25, 0.3) is 0 Å². The number of hydrogen-bond donors (Lipinski definition) is 1. The van der Waals surface area contributed by atoms with Gasteiger partial charge in [0, 0.05) is 18.3 Å². The summed E-state index contributed by atoms with van der Waals surface area (Å²) in [4.78, 5) is 3.87. The van der Waals surface area contributed by atoms with Crippen LogP contribution >= 0.6 is 0 Å². The van der Waals surface area contributed by atoms with Crippen molar-refractivity contribution in [3.05, 3.63) is 53.7 Å². The van der Waals surface area contributed by atoms with Gasteiger partial charge in [-0.25, -0.2) is 13.8 Å². The maximum Gasteiger partial charge on any atom is 0.219 e. The van der Waals surface area contributed by atoms with Gasteiger partial charge in [-0.1, -0.05) is 0 Å². The van der Waals surface area contributed by atoms with Crippen molar-refractivity contribution in [2.45, 2.75) is 13.0 Å². The summed E-state index contributed by atoms with van der Waals surface area (Å²) in [5.74, 6) is -1.43. The average Bonchev–Trinajstić information content (AvgIpc) is 2.34. The molecule has 94 valence electrons. The molecule has 3 nitrogen and oxygen atoms in total. The van der Waals surface area contributed by atoms with E-state index in [1.54, 1.807) is 13.0 Å². The summed E-state index contributed by atoms with van der Waals surface area (Å²) in [5.41, 5.74) is 0.580. The maximum absolute atomic E-state index is 13.3. The van der Waals surface area contributed by atoms with Crippen LogP contribution in [0.5, 0.6) is 11.6 Å². The van der Waals surface area contributed by atoms with Crippen LogP contribution in [0.2, 0.25) is 0 Å². The van der Waals surface area contributed by atoms with Crippen LogP contribution in [0.1, 0.15) is 18.6 Å². The Morgan fingerprint density at radius 1 is 1.22 bits per heavy atom. The highest BCUT2D eigenvalue weighted by Gasteiger charge is 2.09. The second-order valence-corrected chi connectivity index (χ2v) is 3.78. The first kappa shape index (κ1) is 12.4. The second kappa shape index (κ2) is 5.10. The molecule has 1 aromatic heterocycles. The fourth-order valence-electron chi connectivity index (χ4n) is 1.41. The zero-order valence-corrected chi connectivity index (χ0v) is 9.60. The van der Waals surface area contributed by atoms with Gasteiger partial charge in [0.2, 0.25) is 5.88 Å². The zero-order chi connectivity index (χ0) is 13.1. The van der Waals surface area contributed by atoms with Gasteiger partial charge in [-0.15, -0.1) is 0 Å². The van der Waals surface area contributed by atoms with Crippen LogP contribution in [-0.2, 0) is 0 Å². The molecule has 0 spiro atoms. The molecular weight excluding hydrogens is 240 g/mol. The molecule has 0 aliphatic heterocycles. The number of rotatable bonds is 3. The summed E-state index contributed by atoms with van der Waals surface area (Å²) in [6, 6.07) is 5.99. The standard InChI is InChI=1S/C13H11F2NO2/c1-8(17)9-4-5-16-13(6-9)18-12-7-10(14)2-3-11(12)15/h2-8,17H,1H3. The molecule has 0 saturated carbocycles. The Morgan fingerprint density at radius 3 is 2.72 bits per heavy atom. The zero-order valence-electron chi connectivity index (χ0n) is 9.60. The average molecular weight is 251 g/mol. The number of benzene rings is 1. The molecule has 1 aromatic carbocycles. The summed E-state index contributed by atoms with van der Waals surface area (Å²) in [7, 11) is 0. The molecule has 0 aliphatic carbocycles. The highest BCUT2D eigenvalue weighted by Crippen LogP contribution is 2.25. The summed E-state index contributed by atoms with van der Waals surface area (Å²) in [6.45, 7) is 1.59. The van der Waals surface area contributed by atoms with Gasteiger partial charge in [0.1, 0.15) is 5.82 Å². The molecule has 1 unspecified atom stereocenters. The highest BCUT2D eigenvalue weighted by molar-refractivity contribution is 5.31. The first-order chi connectivity index (χ1) is 8.56. The van der Waals surface area contributed by atoms with Gasteiger partial charge in [0.05, 0.1) is 6.10 Å². The summed E-state index contributed by atoms with van der Waals surface area (Å²) < 4.78 is 31.4. The molecule has 0 bridgehead atoms. The molecule has 0 fully saturated rings. The number of halogens is 2. The molecule has 2 aromatic rings. The van der Waals surface area contributed by atoms with Crippen LogP contribution in [0.25, 0.3) is 0 Å². The monoisotopic (exact) mass is 251 g/mol. The topological polar surface area (TPSA) is 42.4 Å². The first-order valence-electron chi connectivity index (χ1n) is 5.33. The molecule has 0 radical (unpaired) electrons. The van der Waals surface area contributed by atoms with E-state index in [4.69, 9.17) is 4.74 Å². The largest absolute Gasteiger partial charge is 0.436 e. The number of ether oxygens (including phenoxy) is 1. The van der Waals surface area contributed by atoms with Crippen molar-refractivity contribution >= 4 is 0 Å². The van der Waals surface area contributed by atoms with Gasteiger partial charge in [-0.05, 0) is 30.7 Å². The quantitative estimate of drug-likeness (QED) is 0.910. The SMILES string of the molecule is CC(O)c1ccnc(Oc2cc(F)ccc2F)c1. The lowest BCUT2D eigenvalue weighted by atomic mass is 10.2. The Hall–Kier alpha value is -2.01. The molecule has 2 rings (SSSR count). The third-order valence-electron chi connectivity index (χ3n) is 2.35. The van der Waals surface area contributed by atoms with Gasteiger partial charge >= 0.3 is 0 Å². The van der Waals surface area contributed by atoms with Crippen LogP contribution in [-0.4, -0.2) is 10.1 Å². The number of pyridine rings is 1. The van der Waals surface area contributed by atoms with E-state index in [1.165, 1.54) is 12.3 Å². The Kier molecular flexibility index (Phi) is 3.53. The predicted octanol–water partition coefficient (Wildman–Crippen LogP) is 3.21. The van der Waals surface area contributed by atoms with Crippen LogP contribution in [0.4, 0.5) is 8.78 Å². The molecule has 1 heterocycles. The van der Waals surface area contributed by atoms with Crippen molar-refractivity contribution in [1.82, 2.24) is 4.98 Å². The second-order valence-electron chi connectivity index (χ2n) is 3.78. The number of hydrogen-bond acceptors (Lipinski definition) is 3. The normalized spacial score (nSPS) is 12.2. The van der Waals surface area contributed by atoms with E-state index in [-0.39, 0.29) is 11.6 Å². The first-order valence-corrected chi connectivity index (χ1v) is 5.33. The molecule has 0 saturated heterocycles. The molecule has 5 heteroatoms. The third-order valence-corrected chi connectivity index (χ3v) is 2.35. The molecule has 18 heavy (non-hydrogen) atoms. The van der Waals surface area contributed by atoms with Gasteiger partial charge < -0.3 is 9.84 Å². The Bertz CT molecular complexity index is 558. The van der Waals surface area contributed by atoms with E-state index in [1.807, 2.05) is 0 Å². The van der Waals surface area contributed by atoms with Crippen molar-refractivity contribution in [3.63, 3.8) is 0 Å². The van der Waals surface area contributed by atoms with Crippen LogP contribution in [0, 0.1) is 11.6 Å². The predicted molar refractivity (Wildman–Crippen MR) is 61.3 cm³/mol. The minimum Gasteiger partial charge on any atom is -0.436 e. The van der Waals surface area contributed by atoms with Crippen LogP contribution in [0.15, 0.2) is 36.5 Å². The summed E-state index contributed by atoms with van der Waals surface area (Å²) >= 11 is 0. The lowest BCUT2D eigenvalue weighted by Crippen LogP contribution is -1.95. The number of aromatic nitrogens is 1. The highest BCUT2D eigenvalue weighted by atomic mass is 19.1. The van der Waals surface area contributed by atoms with E-state index in [0.29, 0.717) is 5.56 Å². The van der Waals surface area contributed by atoms with Crippen molar-refractivity contribution in [2.24, 2.45) is 0 Å². The van der Waals surface area contributed by atoms with E-state index in [0.717, 1.165) is 18.2 Å². The minimum absolute atomic E-state index is 0.0953. The smallest absolute Gasteiger partial charge is 0.219 e. The molecular formula is C13H11F2NO2. The minimum atomic E-state index is -0.687. The van der Waals surface area contributed by atoms with Crippen LogP contribution in [0.3, 0.4) is 0 Å². The Labute approximate surface area is 103 Å². The van der Waals surface area contributed by atoms with Crippen molar-refractivity contribution in [2.75, 3.05) is 0 Å². The molecule has 1 atom stereocenters. The fraction of sp³-hybridized carbons (Fsp3) is 0.154. The van der Waals surface area contributed by atoms with Gasteiger partial charge in [0.15, 0.2) is 11.6 Å². The van der Waals surface area contributed by atoms with Crippen molar-refractivity contribution < 1.29 is 18.6 Å². The number of aliphatic hydroxyl groups is 1. The van der Waals surface area contributed by atoms with Gasteiger partial charge in [-0.2, -0.15) is 0 Å². The van der Waals surface area contributed by atoms with Crippen molar-refractivity contribution in [1.29, 1.82) is 0 Å². The van der Waals surface area contributed by atoms with E-state index in [2.05, 4.69) is 4.98 Å². The van der Waals surface area contributed by atoms with Crippen LogP contribution < -0.4 is 4.74 Å². The van der Waals surface area contributed by atoms with E-state index < -0.39 is 17.7 Å². The Balaban J connectivity index is 2.28. The molecule has 1 N–H and O–H groups in total. The molecule has 0 amide bonds. The van der Waals surface area contributed by atoms with Crippen molar-refractivity contribution in [3.8, 4) is 11.6 Å². The summed E-state index contributed by atoms with van der Waals surface area (Å²) in [5, 5.41) is 9.40. The fourth-order valence-corrected chi connectivity index (χ4v) is 1.41. The third kappa shape index (κ3) is 2.81. The molecule has 0 aliphatic rings. The van der Waals surface area contributed by atoms with Gasteiger partial charge in [-0.3, -0.25) is 0 Å². The van der Waals surface area contributed by atoms with E-state index >= 15 is 0 Å². The number of aliphatic hydroxyl groups excluding tert-OH is 1. The summed E-state index contributed by atoms with van der Waals surface area (Å²) in [6.07, 6.45) is 0.738. The lowest BCUT2D eigenvalue weighted by molar-refractivity contribution is 0.198. The maximum atomic E-state index is 13.3. The lowest BCUT2D eigenvalue weighted by Gasteiger charge is -2.08.